The third kappa shape index (κ3) is 2.55. The number of H-pyrrole nitrogens is 1. The quantitative estimate of drug-likeness (QED) is 0.823. The van der Waals surface area contributed by atoms with E-state index in [-0.39, 0.29) is 12.4 Å². The predicted octanol–water partition coefficient (Wildman–Crippen LogP) is 1.22. The molecule has 0 saturated heterocycles. The van der Waals surface area contributed by atoms with Gasteiger partial charge in [0.1, 0.15) is 5.82 Å². The van der Waals surface area contributed by atoms with Crippen molar-refractivity contribution in [1.29, 1.82) is 0 Å². The normalized spacial score (nSPS) is 10.4. The monoisotopic (exact) mass is 280 g/mol. The van der Waals surface area contributed by atoms with E-state index in [9.17, 15) is 14.5 Å². The molecule has 0 bridgehead atoms. The van der Waals surface area contributed by atoms with Crippen molar-refractivity contribution in [2.45, 2.75) is 6.54 Å². The molecule has 0 aliphatic heterocycles. The molecule has 0 amide bonds. The van der Waals surface area contributed by atoms with Gasteiger partial charge in [0.2, 0.25) is 5.69 Å². The van der Waals surface area contributed by atoms with E-state index in [0.29, 0.717) is 5.02 Å². The molecular formula is C11H9ClN4O3. The first kappa shape index (κ1) is 13.0. The molecule has 3 N–H and O–H groups in total. The Morgan fingerprint density at radius 1 is 1.26 bits per heavy atom. The first-order chi connectivity index (χ1) is 9.02. The van der Waals surface area contributed by atoms with Crippen molar-refractivity contribution in [2.75, 3.05) is 5.73 Å². The van der Waals surface area contributed by atoms with E-state index in [2.05, 4.69) is 5.18 Å². The topological polar surface area (TPSA) is 110 Å². The molecule has 0 aliphatic carbocycles. The van der Waals surface area contributed by atoms with Crippen molar-refractivity contribution in [3.63, 3.8) is 0 Å². The van der Waals surface area contributed by atoms with E-state index in [1.165, 1.54) is 0 Å². The van der Waals surface area contributed by atoms with E-state index in [1.54, 1.807) is 24.3 Å². The van der Waals surface area contributed by atoms with E-state index in [0.717, 1.165) is 10.1 Å². The molecule has 1 aromatic carbocycles. The lowest BCUT2D eigenvalue weighted by molar-refractivity contribution is 0.733. The van der Waals surface area contributed by atoms with Crippen LogP contribution in [0.4, 0.5) is 11.5 Å². The highest BCUT2D eigenvalue weighted by Crippen LogP contribution is 2.15. The SMILES string of the molecule is Nc1c(N=O)c(=O)[nH]c(=O)n1Cc1ccc(Cl)cc1. The Hall–Kier alpha value is -2.41. The highest BCUT2D eigenvalue weighted by atomic mass is 35.5. The molecule has 8 heteroatoms. The van der Waals surface area contributed by atoms with Crippen LogP contribution in [0.1, 0.15) is 5.56 Å². The van der Waals surface area contributed by atoms with Gasteiger partial charge in [0.15, 0.2) is 0 Å². The smallest absolute Gasteiger partial charge is 0.330 e. The van der Waals surface area contributed by atoms with Crippen LogP contribution in [0.3, 0.4) is 0 Å². The number of hydrogen-bond donors (Lipinski definition) is 2. The minimum Gasteiger partial charge on any atom is -0.383 e. The first-order valence-corrected chi connectivity index (χ1v) is 5.61. The van der Waals surface area contributed by atoms with Crippen molar-refractivity contribution in [3.8, 4) is 0 Å². The molecule has 7 nitrogen and oxygen atoms in total. The molecule has 2 rings (SSSR count). The lowest BCUT2D eigenvalue weighted by atomic mass is 10.2. The number of nitrogen functional groups attached to an aromatic ring is 1. The van der Waals surface area contributed by atoms with Gasteiger partial charge in [-0.05, 0) is 22.9 Å². The Morgan fingerprint density at radius 3 is 2.47 bits per heavy atom. The van der Waals surface area contributed by atoms with Crippen LogP contribution in [0, 0.1) is 4.91 Å². The molecule has 19 heavy (non-hydrogen) atoms. The number of halogens is 1. The molecule has 1 heterocycles. The molecule has 1 aromatic heterocycles. The van der Waals surface area contributed by atoms with Gasteiger partial charge in [0.25, 0.3) is 5.56 Å². The number of aromatic amines is 1. The molecule has 0 saturated carbocycles. The van der Waals surface area contributed by atoms with Crippen molar-refractivity contribution in [1.82, 2.24) is 9.55 Å². The van der Waals surface area contributed by atoms with Crippen LogP contribution in [0.2, 0.25) is 5.02 Å². The number of hydrogen-bond acceptors (Lipinski definition) is 5. The Bertz CT molecular complexity index is 733. The summed E-state index contributed by atoms with van der Waals surface area (Å²) in [5.41, 5.74) is 4.23. The van der Waals surface area contributed by atoms with E-state index < -0.39 is 16.9 Å². The van der Waals surface area contributed by atoms with Crippen LogP contribution in [-0.2, 0) is 6.54 Å². The van der Waals surface area contributed by atoms with Gasteiger partial charge >= 0.3 is 5.69 Å². The van der Waals surface area contributed by atoms with E-state index in [1.807, 2.05) is 4.98 Å². The summed E-state index contributed by atoms with van der Waals surface area (Å²) in [5.74, 6) is -0.265. The third-order valence-electron chi connectivity index (χ3n) is 2.56. The number of nitrogens with one attached hydrogen (secondary N) is 1. The Balaban J connectivity index is 2.51. The fraction of sp³-hybridized carbons (Fsp3) is 0.0909. The van der Waals surface area contributed by atoms with E-state index in [4.69, 9.17) is 17.3 Å². The summed E-state index contributed by atoms with van der Waals surface area (Å²) in [6, 6.07) is 6.71. The van der Waals surface area contributed by atoms with E-state index >= 15 is 0 Å². The predicted molar refractivity (Wildman–Crippen MR) is 71.7 cm³/mol. The molecule has 2 aromatic rings. The van der Waals surface area contributed by atoms with Gasteiger partial charge in [-0.15, -0.1) is 4.91 Å². The zero-order valence-electron chi connectivity index (χ0n) is 9.59. The van der Waals surface area contributed by atoms with Crippen LogP contribution < -0.4 is 17.0 Å². The number of nitrogens with zero attached hydrogens (tertiary/aromatic N) is 2. The third-order valence-corrected chi connectivity index (χ3v) is 2.81. The minimum atomic E-state index is -0.898. The van der Waals surface area contributed by atoms with Crippen LogP contribution in [-0.4, -0.2) is 9.55 Å². The summed E-state index contributed by atoms with van der Waals surface area (Å²) in [6.07, 6.45) is 0. The minimum absolute atomic E-state index is 0.0983. The second-order valence-corrected chi connectivity index (χ2v) is 4.23. The molecule has 98 valence electrons. The fourth-order valence-corrected chi connectivity index (χ4v) is 1.72. The van der Waals surface area contributed by atoms with Crippen LogP contribution in [0.15, 0.2) is 39.0 Å². The Kier molecular flexibility index (Phi) is 3.48. The number of rotatable bonds is 3. The van der Waals surface area contributed by atoms with Crippen molar-refractivity contribution in [2.24, 2.45) is 5.18 Å². The highest BCUT2D eigenvalue weighted by molar-refractivity contribution is 6.30. The molecule has 0 spiro atoms. The number of nitroso groups, excluding NO2 is 1. The Morgan fingerprint density at radius 2 is 1.89 bits per heavy atom. The number of nitrogens with two attached hydrogens (primary N) is 1. The van der Waals surface area contributed by atoms with Gasteiger partial charge < -0.3 is 5.73 Å². The van der Waals surface area contributed by atoms with Gasteiger partial charge in [0, 0.05) is 5.02 Å². The fourth-order valence-electron chi connectivity index (χ4n) is 1.59. The number of benzene rings is 1. The molecule has 0 unspecified atom stereocenters. The van der Waals surface area contributed by atoms with Crippen molar-refractivity contribution in [3.05, 3.63) is 60.6 Å². The summed E-state index contributed by atoms with van der Waals surface area (Å²) in [6.45, 7) is 0.0983. The molecule has 0 aliphatic rings. The summed E-state index contributed by atoms with van der Waals surface area (Å²) < 4.78 is 1.06. The molecule has 0 atom stereocenters. The highest BCUT2D eigenvalue weighted by Gasteiger charge is 2.12. The summed E-state index contributed by atoms with van der Waals surface area (Å²) in [7, 11) is 0. The standard InChI is InChI=1S/C11H9ClN4O3/c12-7-3-1-6(2-4-7)5-16-9(13)8(15-19)10(17)14-11(16)18/h1-4H,5,13H2,(H,14,17,18). The summed E-state index contributed by atoms with van der Waals surface area (Å²) >= 11 is 5.75. The second kappa shape index (κ2) is 5.07. The van der Waals surface area contributed by atoms with Crippen molar-refractivity contribution >= 4 is 23.1 Å². The molecular weight excluding hydrogens is 272 g/mol. The van der Waals surface area contributed by atoms with Crippen LogP contribution >= 0.6 is 11.6 Å². The van der Waals surface area contributed by atoms with Gasteiger partial charge in [-0.2, -0.15) is 0 Å². The lowest BCUT2D eigenvalue weighted by Gasteiger charge is -2.09. The summed E-state index contributed by atoms with van der Waals surface area (Å²) in [4.78, 5) is 35.4. The zero-order valence-corrected chi connectivity index (χ0v) is 10.3. The lowest BCUT2D eigenvalue weighted by Crippen LogP contribution is -2.32. The molecule has 0 fully saturated rings. The number of aromatic nitrogens is 2. The van der Waals surface area contributed by atoms with Crippen molar-refractivity contribution < 1.29 is 0 Å². The van der Waals surface area contributed by atoms with Gasteiger partial charge in [-0.1, -0.05) is 23.7 Å². The van der Waals surface area contributed by atoms with Gasteiger partial charge in [0.05, 0.1) is 6.54 Å². The molecule has 0 radical (unpaired) electrons. The maximum Gasteiger partial charge on any atom is 0.330 e. The number of anilines is 1. The maximum atomic E-state index is 11.7. The van der Waals surface area contributed by atoms with Gasteiger partial charge in [-0.25, -0.2) is 4.79 Å². The second-order valence-electron chi connectivity index (χ2n) is 3.80. The van der Waals surface area contributed by atoms with Gasteiger partial charge in [-0.3, -0.25) is 14.3 Å². The van der Waals surface area contributed by atoms with Crippen LogP contribution in [0.5, 0.6) is 0 Å². The zero-order chi connectivity index (χ0) is 14.0. The largest absolute Gasteiger partial charge is 0.383 e. The first-order valence-electron chi connectivity index (χ1n) is 5.23. The summed E-state index contributed by atoms with van der Waals surface area (Å²) in [5, 5.41) is 3.08. The Labute approximate surface area is 111 Å². The maximum absolute atomic E-state index is 11.7. The van der Waals surface area contributed by atoms with Crippen LogP contribution in [0.25, 0.3) is 0 Å². The average molecular weight is 281 g/mol. The average Bonchev–Trinajstić information content (AvgIpc) is 2.37.